The molecule has 0 aliphatic carbocycles. The highest BCUT2D eigenvalue weighted by Crippen LogP contribution is 2.32. The smallest absolute Gasteiger partial charge is 0.123 e. The van der Waals surface area contributed by atoms with Crippen LogP contribution in [0.1, 0.15) is 5.76 Å². The highest BCUT2D eigenvalue weighted by Gasteiger charge is 2.11. The van der Waals surface area contributed by atoms with Crippen molar-refractivity contribution < 1.29 is 4.42 Å². The van der Waals surface area contributed by atoms with Crippen LogP contribution in [0.4, 0.5) is 11.4 Å². The van der Waals surface area contributed by atoms with E-state index >= 15 is 0 Å². The predicted molar refractivity (Wildman–Crippen MR) is 74.8 cm³/mol. The maximum absolute atomic E-state index is 6.17. The van der Waals surface area contributed by atoms with Gasteiger partial charge in [0, 0.05) is 7.05 Å². The van der Waals surface area contributed by atoms with Gasteiger partial charge in [-0.1, -0.05) is 0 Å². The first-order valence-corrected chi connectivity index (χ1v) is 6.49. The van der Waals surface area contributed by atoms with Gasteiger partial charge in [0.1, 0.15) is 11.3 Å². The zero-order valence-electron chi connectivity index (χ0n) is 9.96. The zero-order valence-corrected chi connectivity index (χ0v) is 10.8. The van der Waals surface area contributed by atoms with Gasteiger partial charge in [-0.25, -0.2) is 4.98 Å². The SMILES string of the molecule is CN(Cc1ccco1)c1ccc2scnc2c1N. The number of nitrogen functional groups attached to an aromatic ring is 1. The molecule has 3 aromatic rings. The quantitative estimate of drug-likeness (QED) is 0.734. The number of rotatable bonds is 3. The van der Waals surface area contributed by atoms with E-state index in [2.05, 4.69) is 16.0 Å². The van der Waals surface area contributed by atoms with Crippen LogP contribution in [-0.2, 0) is 6.54 Å². The van der Waals surface area contributed by atoms with Crippen LogP contribution in [0.2, 0.25) is 0 Å². The summed E-state index contributed by atoms with van der Waals surface area (Å²) >= 11 is 1.60. The fourth-order valence-corrected chi connectivity index (χ4v) is 2.69. The summed E-state index contributed by atoms with van der Waals surface area (Å²) in [6.45, 7) is 0.687. The summed E-state index contributed by atoms with van der Waals surface area (Å²) in [7, 11) is 1.99. The minimum absolute atomic E-state index is 0.687. The van der Waals surface area contributed by atoms with E-state index in [1.54, 1.807) is 17.6 Å². The van der Waals surface area contributed by atoms with Crippen molar-refractivity contribution in [3.8, 4) is 0 Å². The summed E-state index contributed by atoms with van der Waals surface area (Å²) in [5.74, 6) is 0.912. The van der Waals surface area contributed by atoms with Gasteiger partial charge < -0.3 is 15.1 Å². The van der Waals surface area contributed by atoms with E-state index in [1.165, 1.54) is 0 Å². The van der Waals surface area contributed by atoms with Crippen LogP contribution in [0.25, 0.3) is 10.2 Å². The molecule has 92 valence electrons. The van der Waals surface area contributed by atoms with Crippen molar-refractivity contribution in [2.24, 2.45) is 0 Å². The van der Waals surface area contributed by atoms with E-state index in [4.69, 9.17) is 10.2 Å². The summed E-state index contributed by atoms with van der Waals surface area (Å²) in [6, 6.07) is 7.92. The van der Waals surface area contributed by atoms with Crippen LogP contribution in [0.5, 0.6) is 0 Å². The third-order valence-electron chi connectivity index (χ3n) is 2.90. The van der Waals surface area contributed by atoms with Crippen LogP contribution in [0.3, 0.4) is 0 Å². The summed E-state index contributed by atoms with van der Waals surface area (Å²) in [4.78, 5) is 6.36. The summed E-state index contributed by atoms with van der Waals surface area (Å²) in [5.41, 5.74) is 10.6. The van der Waals surface area contributed by atoms with Crippen molar-refractivity contribution in [2.45, 2.75) is 6.54 Å². The number of benzene rings is 1. The third kappa shape index (κ3) is 1.82. The van der Waals surface area contributed by atoms with Gasteiger partial charge in [0.05, 0.1) is 34.4 Å². The number of hydrogen-bond donors (Lipinski definition) is 1. The zero-order chi connectivity index (χ0) is 12.5. The van der Waals surface area contributed by atoms with Gasteiger partial charge in [0.2, 0.25) is 0 Å². The standard InChI is InChI=1S/C13H13N3OS/c1-16(7-9-3-2-6-17-9)10-4-5-11-13(12(10)14)15-8-18-11/h2-6,8H,7,14H2,1H3. The molecular formula is C13H13N3OS. The van der Waals surface area contributed by atoms with E-state index in [0.717, 1.165) is 27.4 Å². The topological polar surface area (TPSA) is 55.3 Å². The molecule has 2 N–H and O–H groups in total. The monoisotopic (exact) mass is 259 g/mol. The van der Waals surface area contributed by atoms with Gasteiger partial charge in [-0.2, -0.15) is 0 Å². The molecule has 0 spiro atoms. The maximum atomic E-state index is 6.17. The minimum Gasteiger partial charge on any atom is -0.467 e. The first-order valence-electron chi connectivity index (χ1n) is 5.61. The van der Waals surface area contributed by atoms with Gasteiger partial charge in [-0.05, 0) is 24.3 Å². The molecule has 0 bridgehead atoms. The van der Waals surface area contributed by atoms with Crippen LogP contribution in [-0.4, -0.2) is 12.0 Å². The molecule has 3 rings (SSSR count). The number of nitrogens with two attached hydrogens (primary N) is 1. The average Bonchev–Trinajstić information content (AvgIpc) is 2.99. The van der Waals surface area contributed by atoms with Crippen molar-refractivity contribution >= 4 is 32.9 Å². The van der Waals surface area contributed by atoms with Crippen LogP contribution in [0, 0.1) is 0 Å². The second kappa shape index (κ2) is 4.34. The lowest BCUT2D eigenvalue weighted by atomic mass is 10.2. The van der Waals surface area contributed by atoms with Gasteiger partial charge in [0.25, 0.3) is 0 Å². The lowest BCUT2D eigenvalue weighted by molar-refractivity contribution is 0.507. The molecule has 0 fully saturated rings. The number of nitrogens with zero attached hydrogens (tertiary/aromatic N) is 2. The molecule has 2 heterocycles. The number of anilines is 2. The Morgan fingerprint density at radius 1 is 1.39 bits per heavy atom. The highest BCUT2D eigenvalue weighted by atomic mass is 32.1. The number of hydrogen-bond acceptors (Lipinski definition) is 5. The van der Waals surface area contributed by atoms with Gasteiger partial charge in [-0.3, -0.25) is 0 Å². The molecule has 0 aliphatic heterocycles. The van der Waals surface area contributed by atoms with E-state index in [0.29, 0.717) is 6.54 Å². The fraction of sp³-hybridized carbons (Fsp3) is 0.154. The molecule has 1 aromatic carbocycles. The van der Waals surface area contributed by atoms with Crippen molar-refractivity contribution in [3.63, 3.8) is 0 Å². The lowest BCUT2D eigenvalue weighted by Crippen LogP contribution is -2.17. The molecule has 0 unspecified atom stereocenters. The van der Waals surface area contributed by atoms with Crippen molar-refractivity contribution in [1.29, 1.82) is 0 Å². The predicted octanol–water partition coefficient (Wildman–Crippen LogP) is 3.11. The van der Waals surface area contributed by atoms with Crippen molar-refractivity contribution in [3.05, 3.63) is 41.8 Å². The Labute approximate surface area is 109 Å². The Kier molecular flexibility index (Phi) is 2.68. The van der Waals surface area contributed by atoms with Crippen LogP contribution in [0.15, 0.2) is 40.5 Å². The lowest BCUT2D eigenvalue weighted by Gasteiger charge is -2.19. The minimum atomic E-state index is 0.687. The van der Waals surface area contributed by atoms with Crippen molar-refractivity contribution in [2.75, 3.05) is 17.7 Å². The first-order chi connectivity index (χ1) is 8.75. The van der Waals surface area contributed by atoms with Crippen LogP contribution >= 0.6 is 11.3 Å². The first kappa shape index (κ1) is 11.1. The Bertz CT molecular complexity index is 660. The molecule has 0 saturated carbocycles. The number of furan rings is 1. The number of fused-ring (bicyclic) bond motifs is 1. The normalized spacial score (nSPS) is 10.9. The largest absolute Gasteiger partial charge is 0.467 e. The third-order valence-corrected chi connectivity index (χ3v) is 3.70. The second-order valence-corrected chi connectivity index (χ2v) is 5.02. The molecule has 0 radical (unpaired) electrons. The molecular weight excluding hydrogens is 246 g/mol. The van der Waals surface area contributed by atoms with Gasteiger partial charge in [0.15, 0.2) is 0 Å². The summed E-state index contributed by atoms with van der Waals surface area (Å²) in [6.07, 6.45) is 1.68. The fourth-order valence-electron chi connectivity index (χ4n) is 2.00. The molecule has 0 amide bonds. The number of thiazole rings is 1. The molecule has 5 heteroatoms. The van der Waals surface area contributed by atoms with Crippen molar-refractivity contribution in [1.82, 2.24) is 4.98 Å². The maximum Gasteiger partial charge on any atom is 0.123 e. The van der Waals surface area contributed by atoms with Gasteiger partial charge in [-0.15, -0.1) is 11.3 Å². The van der Waals surface area contributed by atoms with E-state index < -0.39 is 0 Å². The molecule has 0 aliphatic rings. The summed E-state index contributed by atoms with van der Waals surface area (Å²) < 4.78 is 6.46. The molecule has 0 saturated heterocycles. The average molecular weight is 259 g/mol. The molecule has 2 aromatic heterocycles. The summed E-state index contributed by atoms with van der Waals surface area (Å²) in [5, 5.41) is 0. The molecule has 4 nitrogen and oxygen atoms in total. The molecule has 18 heavy (non-hydrogen) atoms. The Hall–Kier alpha value is -2.01. The highest BCUT2D eigenvalue weighted by molar-refractivity contribution is 7.16. The Morgan fingerprint density at radius 3 is 3.06 bits per heavy atom. The van der Waals surface area contributed by atoms with Crippen LogP contribution < -0.4 is 10.6 Å². The van der Waals surface area contributed by atoms with E-state index in [1.807, 2.05) is 30.8 Å². The number of aromatic nitrogens is 1. The van der Waals surface area contributed by atoms with E-state index in [9.17, 15) is 0 Å². The van der Waals surface area contributed by atoms with Gasteiger partial charge >= 0.3 is 0 Å². The molecule has 0 atom stereocenters. The second-order valence-electron chi connectivity index (χ2n) is 4.13. The van der Waals surface area contributed by atoms with E-state index in [-0.39, 0.29) is 0 Å². The Balaban J connectivity index is 1.95. The Morgan fingerprint density at radius 2 is 2.28 bits per heavy atom.